The zero-order valence-electron chi connectivity index (χ0n) is 16.9. The van der Waals surface area contributed by atoms with E-state index in [4.69, 9.17) is 4.42 Å². The number of nitrogens with one attached hydrogen (secondary N) is 1. The van der Waals surface area contributed by atoms with E-state index >= 15 is 0 Å². The van der Waals surface area contributed by atoms with Gasteiger partial charge in [0.05, 0.1) is 28.8 Å². The third-order valence-electron chi connectivity index (χ3n) is 5.62. The van der Waals surface area contributed by atoms with E-state index in [0.29, 0.717) is 30.4 Å². The van der Waals surface area contributed by atoms with Gasteiger partial charge < -0.3 is 14.3 Å². The Hall–Kier alpha value is -4.41. The summed E-state index contributed by atoms with van der Waals surface area (Å²) in [5.74, 6) is -2.64. The van der Waals surface area contributed by atoms with Crippen molar-refractivity contribution in [1.29, 1.82) is 0 Å². The maximum atomic E-state index is 14.1. The molecule has 164 valence electrons. The van der Waals surface area contributed by atoms with Crippen LogP contribution in [0.25, 0.3) is 17.0 Å². The van der Waals surface area contributed by atoms with E-state index in [2.05, 4.69) is 25.3 Å². The molecule has 1 unspecified atom stereocenters. The molecule has 5 heterocycles. The van der Waals surface area contributed by atoms with Crippen LogP contribution in [0.5, 0.6) is 0 Å². The minimum Gasteiger partial charge on any atom is -0.412 e. The Morgan fingerprint density at radius 3 is 2.91 bits per heavy atom. The number of H-pyrrole nitrogens is 1. The minimum atomic E-state index is -0.862. The molecule has 0 saturated heterocycles. The van der Waals surface area contributed by atoms with Gasteiger partial charge in [-0.3, -0.25) is 4.79 Å². The molecule has 1 aliphatic heterocycles. The number of aromatic nitrogens is 6. The summed E-state index contributed by atoms with van der Waals surface area (Å²) in [4.78, 5) is 22.5. The summed E-state index contributed by atoms with van der Waals surface area (Å²) in [6.07, 6.45) is 3.96. The fraction of sp³-hybridized carbons (Fsp3) is 0.136. The zero-order valence-corrected chi connectivity index (χ0v) is 16.9. The molecule has 1 aromatic carbocycles. The standard InChI is InChI=1S/C22H15F2N7O2/c23-12-4-5-14(15(24)9-12)20-27-28-21(33-20)22(32)30-8-6-16-18(26-11-25-16)19(30)17-10-13-3-1-2-7-31(13)29-17/h1-5,7,9-11,19H,6,8H2,(H,25,26). The summed E-state index contributed by atoms with van der Waals surface area (Å²) in [6.45, 7) is 0.356. The molecule has 11 heteroatoms. The van der Waals surface area contributed by atoms with Crippen LogP contribution < -0.4 is 0 Å². The normalized spacial score (nSPS) is 15.7. The van der Waals surface area contributed by atoms with Gasteiger partial charge in [0.15, 0.2) is 0 Å². The highest BCUT2D eigenvalue weighted by Crippen LogP contribution is 2.34. The Morgan fingerprint density at radius 1 is 1.15 bits per heavy atom. The van der Waals surface area contributed by atoms with E-state index in [-0.39, 0.29) is 17.3 Å². The topological polar surface area (TPSA) is 105 Å². The van der Waals surface area contributed by atoms with E-state index < -0.39 is 23.6 Å². The lowest BCUT2D eigenvalue weighted by molar-refractivity contribution is 0.0646. The Balaban J connectivity index is 1.39. The predicted molar refractivity (Wildman–Crippen MR) is 110 cm³/mol. The number of fused-ring (bicyclic) bond motifs is 2. The number of hydrogen-bond donors (Lipinski definition) is 1. The van der Waals surface area contributed by atoms with Crippen LogP contribution in [0.4, 0.5) is 8.78 Å². The second kappa shape index (κ2) is 7.33. The molecule has 0 bridgehead atoms. The number of carbonyl (C=O) groups is 1. The number of nitrogens with zero attached hydrogens (tertiary/aromatic N) is 6. The maximum Gasteiger partial charge on any atom is 0.312 e. The van der Waals surface area contributed by atoms with Crippen LogP contribution in [0.2, 0.25) is 0 Å². The number of rotatable bonds is 3. The molecule has 9 nitrogen and oxygen atoms in total. The number of aromatic amines is 1. The first kappa shape index (κ1) is 19.3. The molecule has 0 fully saturated rings. The van der Waals surface area contributed by atoms with Gasteiger partial charge in [-0.2, -0.15) is 5.10 Å². The third kappa shape index (κ3) is 3.16. The monoisotopic (exact) mass is 447 g/mol. The van der Waals surface area contributed by atoms with Crippen molar-refractivity contribution in [3.8, 4) is 11.5 Å². The summed E-state index contributed by atoms with van der Waals surface area (Å²) in [7, 11) is 0. The Bertz CT molecular complexity index is 1470. The van der Waals surface area contributed by atoms with Gasteiger partial charge in [0.1, 0.15) is 17.7 Å². The van der Waals surface area contributed by atoms with Gasteiger partial charge in [0.2, 0.25) is 0 Å². The van der Waals surface area contributed by atoms with Crippen LogP contribution in [0.1, 0.15) is 33.8 Å². The molecule has 6 rings (SSSR count). The maximum absolute atomic E-state index is 14.1. The number of imidazole rings is 1. The summed E-state index contributed by atoms with van der Waals surface area (Å²) < 4.78 is 34.6. The Kier molecular flexibility index (Phi) is 4.28. The van der Waals surface area contributed by atoms with Crippen molar-refractivity contribution in [2.24, 2.45) is 0 Å². The molecular weight excluding hydrogens is 432 g/mol. The molecule has 0 radical (unpaired) electrons. The summed E-state index contributed by atoms with van der Waals surface area (Å²) in [6, 6.07) is 9.97. The van der Waals surface area contributed by atoms with E-state index in [9.17, 15) is 13.6 Å². The average molecular weight is 447 g/mol. The van der Waals surface area contributed by atoms with E-state index in [1.54, 1.807) is 15.7 Å². The van der Waals surface area contributed by atoms with Crippen molar-refractivity contribution in [2.75, 3.05) is 6.54 Å². The number of pyridine rings is 1. The van der Waals surface area contributed by atoms with Gasteiger partial charge in [0.25, 0.3) is 5.89 Å². The van der Waals surface area contributed by atoms with E-state index in [1.807, 2.05) is 30.5 Å². The summed E-state index contributed by atoms with van der Waals surface area (Å²) >= 11 is 0. The van der Waals surface area contributed by atoms with E-state index in [1.165, 1.54) is 6.07 Å². The van der Waals surface area contributed by atoms with Gasteiger partial charge in [-0.15, -0.1) is 10.2 Å². The number of carbonyl (C=O) groups excluding carboxylic acids is 1. The van der Waals surface area contributed by atoms with Crippen molar-refractivity contribution in [2.45, 2.75) is 12.5 Å². The molecule has 5 aromatic rings. The molecule has 1 aliphatic rings. The molecule has 1 N–H and O–H groups in total. The average Bonchev–Trinajstić information content (AvgIpc) is 3.56. The number of amides is 1. The SMILES string of the molecule is O=C(c1nnc(-c2ccc(F)cc2F)o1)N1CCc2[nH]cnc2C1c1cc2ccccn2n1. The van der Waals surface area contributed by atoms with Crippen LogP contribution >= 0.6 is 0 Å². The Labute approximate surface area is 184 Å². The first-order chi connectivity index (χ1) is 16.1. The Morgan fingerprint density at radius 2 is 2.06 bits per heavy atom. The lowest BCUT2D eigenvalue weighted by Gasteiger charge is -2.32. The van der Waals surface area contributed by atoms with Crippen LogP contribution in [-0.2, 0) is 6.42 Å². The smallest absolute Gasteiger partial charge is 0.312 e. The molecule has 0 spiro atoms. The van der Waals surface area contributed by atoms with Gasteiger partial charge in [-0.1, -0.05) is 6.07 Å². The second-order valence-corrected chi connectivity index (χ2v) is 7.59. The van der Waals surface area contributed by atoms with Crippen molar-refractivity contribution in [1.82, 2.24) is 34.7 Å². The molecule has 1 amide bonds. The van der Waals surface area contributed by atoms with Crippen LogP contribution in [0.3, 0.4) is 0 Å². The molecule has 4 aromatic heterocycles. The van der Waals surface area contributed by atoms with Gasteiger partial charge in [-0.25, -0.2) is 18.3 Å². The highest BCUT2D eigenvalue weighted by molar-refractivity contribution is 5.90. The first-order valence-electron chi connectivity index (χ1n) is 10.1. The second-order valence-electron chi connectivity index (χ2n) is 7.59. The molecule has 1 atom stereocenters. The van der Waals surface area contributed by atoms with Gasteiger partial charge in [0, 0.05) is 30.9 Å². The predicted octanol–water partition coefficient (Wildman–Crippen LogP) is 3.17. The fourth-order valence-electron chi connectivity index (χ4n) is 4.09. The summed E-state index contributed by atoms with van der Waals surface area (Å²) in [5, 5.41) is 12.2. The van der Waals surface area contributed by atoms with Crippen LogP contribution in [-0.4, -0.2) is 47.1 Å². The minimum absolute atomic E-state index is 0.0897. The number of hydrogen-bond acceptors (Lipinski definition) is 6. The van der Waals surface area contributed by atoms with Gasteiger partial charge in [-0.05, 0) is 30.3 Å². The van der Waals surface area contributed by atoms with E-state index in [0.717, 1.165) is 17.3 Å². The molecular formula is C22H15F2N7O2. The lowest BCUT2D eigenvalue weighted by Crippen LogP contribution is -2.41. The lowest BCUT2D eigenvalue weighted by atomic mass is 9.99. The zero-order chi connectivity index (χ0) is 22.5. The van der Waals surface area contributed by atoms with Crippen LogP contribution in [0, 0.1) is 11.6 Å². The van der Waals surface area contributed by atoms with Crippen molar-refractivity contribution < 1.29 is 18.0 Å². The van der Waals surface area contributed by atoms with Crippen molar-refractivity contribution >= 4 is 11.4 Å². The van der Waals surface area contributed by atoms with Gasteiger partial charge >= 0.3 is 11.8 Å². The number of benzene rings is 1. The number of halogens is 2. The van der Waals surface area contributed by atoms with Crippen molar-refractivity contribution in [3.05, 3.63) is 89.6 Å². The molecule has 33 heavy (non-hydrogen) atoms. The largest absolute Gasteiger partial charge is 0.412 e. The molecule has 0 aliphatic carbocycles. The van der Waals surface area contributed by atoms with Crippen LogP contribution in [0.15, 0.2) is 59.4 Å². The summed E-state index contributed by atoms with van der Waals surface area (Å²) in [5.41, 5.74) is 3.01. The van der Waals surface area contributed by atoms with Crippen molar-refractivity contribution in [3.63, 3.8) is 0 Å². The first-order valence-corrected chi connectivity index (χ1v) is 10.1. The molecule has 0 saturated carbocycles. The highest BCUT2D eigenvalue weighted by atomic mass is 19.1. The third-order valence-corrected chi connectivity index (χ3v) is 5.62. The quantitative estimate of drug-likeness (QED) is 0.456. The highest BCUT2D eigenvalue weighted by Gasteiger charge is 2.38. The fourth-order valence-corrected chi connectivity index (χ4v) is 4.09.